The second-order valence-electron chi connectivity index (χ2n) is 6.51. The van der Waals surface area contributed by atoms with Gasteiger partial charge in [-0.1, -0.05) is 12.8 Å². The Kier molecular flexibility index (Phi) is 5.96. The number of phenolic OH excluding ortho intramolecular Hbond substituents is 1. The first-order chi connectivity index (χ1) is 13.1. The predicted molar refractivity (Wildman–Crippen MR) is 97.8 cm³/mol. The summed E-state index contributed by atoms with van der Waals surface area (Å²) in [5, 5.41) is 9.32. The molecule has 2 aromatic rings. The maximum Gasteiger partial charge on any atom is 0.315 e. The van der Waals surface area contributed by atoms with Crippen molar-refractivity contribution in [1.29, 1.82) is 0 Å². The van der Waals surface area contributed by atoms with Crippen molar-refractivity contribution in [3.8, 4) is 23.0 Å². The van der Waals surface area contributed by atoms with Crippen LogP contribution in [-0.2, 0) is 9.59 Å². The summed E-state index contributed by atoms with van der Waals surface area (Å²) >= 11 is 0. The van der Waals surface area contributed by atoms with Crippen LogP contribution >= 0.6 is 0 Å². The van der Waals surface area contributed by atoms with E-state index in [-0.39, 0.29) is 5.75 Å². The summed E-state index contributed by atoms with van der Waals surface area (Å²) in [5.74, 6) is -0.438. The van der Waals surface area contributed by atoms with E-state index in [9.17, 15) is 14.7 Å². The number of methoxy groups -OCH3 is 1. The molecule has 1 aliphatic rings. The summed E-state index contributed by atoms with van der Waals surface area (Å²) in [6.45, 7) is 0. The third-order valence-corrected chi connectivity index (χ3v) is 4.70. The van der Waals surface area contributed by atoms with Crippen LogP contribution in [0.5, 0.6) is 23.0 Å². The first kappa shape index (κ1) is 18.8. The van der Waals surface area contributed by atoms with E-state index in [0.717, 1.165) is 12.8 Å². The lowest BCUT2D eigenvalue weighted by Gasteiger charge is -2.28. The highest BCUT2D eigenvalue weighted by molar-refractivity contribution is 5.84. The normalized spacial score (nSPS) is 19.1. The third-order valence-electron chi connectivity index (χ3n) is 4.70. The molecule has 0 spiro atoms. The molecule has 1 N–H and O–H groups in total. The maximum atomic E-state index is 12.6. The average Bonchev–Trinajstić information content (AvgIpc) is 2.70. The SMILES string of the molecule is COc1ccc(OC(=O)[C@@H]2CCCC[C@H]2C(=O)Oc2ccc(O)cc2)cc1. The lowest BCUT2D eigenvalue weighted by atomic mass is 9.79. The Labute approximate surface area is 157 Å². The Morgan fingerprint density at radius 2 is 1.19 bits per heavy atom. The molecular formula is C21H22O6. The number of aromatic hydroxyl groups is 1. The van der Waals surface area contributed by atoms with E-state index in [2.05, 4.69) is 0 Å². The van der Waals surface area contributed by atoms with Crippen molar-refractivity contribution in [2.45, 2.75) is 25.7 Å². The minimum Gasteiger partial charge on any atom is -0.508 e. The van der Waals surface area contributed by atoms with Gasteiger partial charge in [0, 0.05) is 0 Å². The molecule has 3 rings (SSSR count). The van der Waals surface area contributed by atoms with Gasteiger partial charge in [-0.05, 0) is 61.4 Å². The van der Waals surface area contributed by atoms with Crippen molar-refractivity contribution in [3.63, 3.8) is 0 Å². The molecule has 1 aliphatic carbocycles. The van der Waals surface area contributed by atoms with Gasteiger partial charge in [-0.25, -0.2) is 0 Å². The van der Waals surface area contributed by atoms with Crippen LogP contribution in [-0.4, -0.2) is 24.2 Å². The lowest BCUT2D eigenvalue weighted by molar-refractivity contribution is -0.152. The first-order valence-corrected chi connectivity index (χ1v) is 8.93. The smallest absolute Gasteiger partial charge is 0.315 e. The molecule has 6 heteroatoms. The second kappa shape index (κ2) is 8.58. The van der Waals surface area contributed by atoms with E-state index in [1.54, 1.807) is 31.4 Å². The molecule has 0 bridgehead atoms. The van der Waals surface area contributed by atoms with Gasteiger partial charge in [-0.15, -0.1) is 0 Å². The highest BCUT2D eigenvalue weighted by atomic mass is 16.5. The topological polar surface area (TPSA) is 82.1 Å². The molecule has 0 aliphatic heterocycles. The molecule has 0 heterocycles. The number of carbonyl (C=O) groups is 2. The van der Waals surface area contributed by atoms with Gasteiger partial charge in [0.25, 0.3) is 0 Å². The Bertz CT molecular complexity index is 781. The highest BCUT2D eigenvalue weighted by Gasteiger charge is 2.38. The van der Waals surface area contributed by atoms with Crippen molar-refractivity contribution in [2.75, 3.05) is 7.11 Å². The van der Waals surface area contributed by atoms with E-state index >= 15 is 0 Å². The minimum atomic E-state index is -0.543. The lowest BCUT2D eigenvalue weighted by Crippen LogP contribution is -2.37. The molecule has 0 saturated heterocycles. The number of benzene rings is 2. The fraction of sp³-hybridized carbons (Fsp3) is 0.333. The number of hydrogen-bond donors (Lipinski definition) is 1. The van der Waals surface area contributed by atoms with Crippen LogP contribution in [0.15, 0.2) is 48.5 Å². The van der Waals surface area contributed by atoms with Gasteiger partial charge in [-0.2, -0.15) is 0 Å². The fourth-order valence-corrected chi connectivity index (χ4v) is 3.24. The number of hydrogen-bond acceptors (Lipinski definition) is 6. The van der Waals surface area contributed by atoms with Crippen molar-refractivity contribution in [3.05, 3.63) is 48.5 Å². The van der Waals surface area contributed by atoms with E-state index in [4.69, 9.17) is 14.2 Å². The largest absolute Gasteiger partial charge is 0.508 e. The molecular weight excluding hydrogens is 348 g/mol. The Morgan fingerprint density at radius 1 is 0.778 bits per heavy atom. The average molecular weight is 370 g/mol. The Morgan fingerprint density at radius 3 is 1.63 bits per heavy atom. The number of phenols is 1. The van der Waals surface area contributed by atoms with Gasteiger partial charge < -0.3 is 19.3 Å². The van der Waals surface area contributed by atoms with Crippen LogP contribution in [0.1, 0.15) is 25.7 Å². The fourth-order valence-electron chi connectivity index (χ4n) is 3.24. The van der Waals surface area contributed by atoms with Gasteiger partial charge in [-0.3, -0.25) is 9.59 Å². The van der Waals surface area contributed by atoms with Crippen LogP contribution in [0.25, 0.3) is 0 Å². The molecule has 1 fully saturated rings. The van der Waals surface area contributed by atoms with Gasteiger partial charge >= 0.3 is 11.9 Å². The molecule has 0 unspecified atom stereocenters. The molecule has 0 amide bonds. The number of ether oxygens (including phenoxy) is 3. The number of esters is 2. The van der Waals surface area contributed by atoms with E-state index in [1.165, 1.54) is 24.3 Å². The van der Waals surface area contributed by atoms with Crippen LogP contribution in [0.4, 0.5) is 0 Å². The quantitative estimate of drug-likeness (QED) is 0.638. The van der Waals surface area contributed by atoms with Crippen LogP contribution in [0, 0.1) is 11.8 Å². The molecule has 0 radical (unpaired) electrons. The van der Waals surface area contributed by atoms with E-state index in [0.29, 0.717) is 30.1 Å². The van der Waals surface area contributed by atoms with Gasteiger partial charge in [0.15, 0.2) is 0 Å². The maximum absolute atomic E-state index is 12.6. The zero-order chi connectivity index (χ0) is 19.2. The van der Waals surface area contributed by atoms with Crippen LogP contribution in [0.3, 0.4) is 0 Å². The monoisotopic (exact) mass is 370 g/mol. The summed E-state index contributed by atoms with van der Waals surface area (Å²) in [6, 6.07) is 12.6. The molecule has 0 aromatic heterocycles. The second-order valence-corrected chi connectivity index (χ2v) is 6.51. The summed E-state index contributed by atoms with van der Waals surface area (Å²) in [5.41, 5.74) is 0. The molecule has 27 heavy (non-hydrogen) atoms. The van der Waals surface area contributed by atoms with Crippen molar-refractivity contribution in [1.82, 2.24) is 0 Å². The first-order valence-electron chi connectivity index (χ1n) is 8.93. The third kappa shape index (κ3) is 4.78. The molecule has 142 valence electrons. The number of rotatable bonds is 5. The van der Waals surface area contributed by atoms with Crippen LogP contribution < -0.4 is 14.2 Å². The summed E-state index contributed by atoms with van der Waals surface area (Å²) in [6.07, 6.45) is 2.90. The Balaban J connectivity index is 1.66. The standard InChI is InChI=1S/C21H22O6/c1-25-15-10-12-17(13-11-15)27-21(24)19-5-3-2-4-18(19)20(23)26-16-8-6-14(22)7-9-16/h6-13,18-19,22H,2-5H2,1H3/t18-,19-/m1/s1. The summed E-state index contributed by atoms with van der Waals surface area (Å²) in [7, 11) is 1.56. The molecule has 2 atom stereocenters. The van der Waals surface area contributed by atoms with Crippen molar-refractivity contribution >= 4 is 11.9 Å². The van der Waals surface area contributed by atoms with Gasteiger partial charge in [0.05, 0.1) is 18.9 Å². The van der Waals surface area contributed by atoms with Crippen molar-refractivity contribution < 1.29 is 28.9 Å². The van der Waals surface area contributed by atoms with E-state index in [1.807, 2.05) is 0 Å². The summed E-state index contributed by atoms with van der Waals surface area (Å²) < 4.78 is 15.9. The zero-order valence-corrected chi connectivity index (χ0v) is 15.1. The zero-order valence-electron chi connectivity index (χ0n) is 15.1. The molecule has 1 saturated carbocycles. The minimum absolute atomic E-state index is 0.0911. The number of carbonyl (C=O) groups excluding carboxylic acids is 2. The van der Waals surface area contributed by atoms with Gasteiger partial charge in [0.2, 0.25) is 0 Å². The highest BCUT2D eigenvalue weighted by Crippen LogP contribution is 2.33. The summed E-state index contributed by atoms with van der Waals surface area (Å²) in [4.78, 5) is 25.2. The Hall–Kier alpha value is -3.02. The van der Waals surface area contributed by atoms with E-state index < -0.39 is 23.8 Å². The van der Waals surface area contributed by atoms with Gasteiger partial charge in [0.1, 0.15) is 23.0 Å². The molecule has 2 aromatic carbocycles. The van der Waals surface area contributed by atoms with Crippen molar-refractivity contribution in [2.24, 2.45) is 11.8 Å². The molecule has 6 nitrogen and oxygen atoms in total. The van der Waals surface area contributed by atoms with Crippen LogP contribution in [0.2, 0.25) is 0 Å². The predicted octanol–water partition coefficient (Wildman–Crippen LogP) is 3.72.